The summed E-state index contributed by atoms with van der Waals surface area (Å²) >= 11 is 0. The van der Waals surface area contributed by atoms with Gasteiger partial charge in [-0.05, 0) is 61.6 Å². The van der Waals surface area contributed by atoms with Gasteiger partial charge in [0.1, 0.15) is 5.75 Å². The van der Waals surface area contributed by atoms with Gasteiger partial charge in [-0.1, -0.05) is 26.0 Å². The summed E-state index contributed by atoms with van der Waals surface area (Å²) in [6.07, 6.45) is 3.67. The van der Waals surface area contributed by atoms with Crippen LogP contribution in [0.4, 0.5) is 0 Å². The van der Waals surface area contributed by atoms with Gasteiger partial charge in [0.25, 0.3) is 0 Å². The molecule has 1 fully saturated rings. The second-order valence-electron chi connectivity index (χ2n) is 6.09. The van der Waals surface area contributed by atoms with Gasteiger partial charge in [0.2, 0.25) is 0 Å². The maximum absolute atomic E-state index is 6.34. The molecule has 106 valence electrons. The molecule has 0 spiro atoms. The molecule has 2 N–H and O–H groups in total. The van der Waals surface area contributed by atoms with Crippen LogP contribution in [0.15, 0.2) is 24.3 Å². The molecule has 1 aromatic rings. The fourth-order valence-electron chi connectivity index (χ4n) is 3.19. The summed E-state index contributed by atoms with van der Waals surface area (Å²) in [5, 5.41) is 0. The van der Waals surface area contributed by atoms with Crippen LogP contribution in [-0.4, -0.2) is 12.6 Å². The molecule has 1 aromatic carbocycles. The predicted molar refractivity (Wildman–Crippen MR) is 80.5 cm³/mol. The van der Waals surface area contributed by atoms with Gasteiger partial charge in [-0.25, -0.2) is 0 Å². The van der Waals surface area contributed by atoms with Crippen LogP contribution in [0.25, 0.3) is 0 Å². The van der Waals surface area contributed by atoms with Crippen LogP contribution in [0.1, 0.15) is 51.5 Å². The molecule has 1 saturated carbocycles. The zero-order chi connectivity index (χ0) is 13.8. The van der Waals surface area contributed by atoms with Crippen molar-refractivity contribution in [1.29, 1.82) is 0 Å². The summed E-state index contributed by atoms with van der Waals surface area (Å²) in [4.78, 5) is 0. The first-order valence-corrected chi connectivity index (χ1v) is 7.60. The highest BCUT2D eigenvalue weighted by atomic mass is 16.5. The largest absolute Gasteiger partial charge is 0.494 e. The van der Waals surface area contributed by atoms with Crippen LogP contribution in [0, 0.1) is 11.8 Å². The van der Waals surface area contributed by atoms with Crippen LogP contribution in [0.2, 0.25) is 0 Å². The Bertz CT molecular complexity index is 385. The maximum Gasteiger partial charge on any atom is 0.119 e. The first-order chi connectivity index (χ1) is 9.11. The van der Waals surface area contributed by atoms with Gasteiger partial charge >= 0.3 is 0 Å². The summed E-state index contributed by atoms with van der Waals surface area (Å²) < 4.78 is 5.50. The van der Waals surface area contributed by atoms with Gasteiger partial charge in [0.05, 0.1) is 6.61 Å². The molecule has 2 rings (SSSR count). The first-order valence-electron chi connectivity index (χ1n) is 7.60. The zero-order valence-corrected chi connectivity index (χ0v) is 12.4. The maximum atomic E-state index is 6.34. The third-order valence-electron chi connectivity index (χ3n) is 4.51. The van der Waals surface area contributed by atoms with E-state index in [1.807, 2.05) is 6.92 Å². The van der Waals surface area contributed by atoms with Crippen molar-refractivity contribution in [1.82, 2.24) is 0 Å². The molecule has 0 bridgehead atoms. The molecule has 3 unspecified atom stereocenters. The van der Waals surface area contributed by atoms with E-state index in [2.05, 4.69) is 38.1 Å². The molecule has 1 aliphatic carbocycles. The molecule has 2 nitrogen and oxygen atoms in total. The Morgan fingerprint density at radius 1 is 1.21 bits per heavy atom. The van der Waals surface area contributed by atoms with E-state index in [9.17, 15) is 0 Å². The Morgan fingerprint density at radius 3 is 2.47 bits per heavy atom. The lowest BCUT2D eigenvalue weighted by molar-refractivity contribution is 0.232. The summed E-state index contributed by atoms with van der Waals surface area (Å²) in [7, 11) is 0. The number of benzene rings is 1. The quantitative estimate of drug-likeness (QED) is 0.890. The lowest BCUT2D eigenvalue weighted by Crippen LogP contribution is -2.35. The van der Waals surface area contributed by atoms with Crippen molar-refractivity contribution in [3.63, 3.8) is 0 Å². The number of hydrogen-bond acceptors (Lipinski definition) is 2. The molecule has 0 aromatic heterocycles. The number of hydrogen-bond donors (Lipinski definition) is 1. The molecular formula is C17H27NO. The highest BCUT2D eigenvalue weighted by Gasteiger charge is 2.30. The Kier molecular flexibility index (Phi) is 4.87. The second kappa shape index (κ2) is 6.42. The number of ether oxygens (including phenoxy) is 1. The Balaban J connectivity index is 2.09. The van der Waals surface area contributed by atoms with E-state index >= 15 is 0 Å². The molecule has 0 saturated heterocycles. The van der Waals surface area contributed by atoms with Crippen LogP contribution in [-0.2, 0) is 0 Å². The van der Waals surface area contributed by atoms with Crippen molar-refractivity contribution in [2.75, 3.05) is 6.61 Å². The van der Waals surface area contributed by atoms with Gasteiger partial charge in [-0.2, -0.15) is 0 Å². The molecule has 19 heavy (non-hydrogen) atoms. The molecule has 3 atom stereocenters. The van der Waals surface area contributed by atoms with E-state index in [1.165, 1.54) is 18.4 Å². The highest BCUT2D eigenvalue weighted by molar-refractivity contribution is 5.30. The minimum Gasteiger partial charge on any atom is -0.494 e. The predicted octanol–water partition coefficient (Wildman–Crippen LogP) is 3.95. The summed E-state index contributed by atoms with van der Waals surface area (Å²) in [6.45, 7) is 7.39. The molecule has 1 aliphatic rings. The van der Waals surface area contributed by atoms with E-state index in [1.54, 1.807) is 0 Å². The van der Waals surface area contributed by atoms with E-state index in [4.69, 9.17) is 10.5 Å². The van der Waals surface area contributed by atoms with Crippen molar-refractivity contribution in [3.05, 3.63) is 29.8 Å². The molecule has 0 heterocycles. The highest BCUT2D eigenvalue weighted by Crippen LogP contribution is 2.39. The van der Waals surface area contributed by atoms with Crippen LogP contribution in [0.5, 0.6) is 5.75 Å². The minimum absolute atomic E-state index is 0.313. The van der Waals surface area contributed by atoms with E-state index in [0.717, 1.165) is 30.6 Å². The monoisotopic (exact) mass is 261 g/mol. The average molecular weight is 261 g/mol. The van der Waals surface area contributed by atoms with Crippen molar-refractivity contribution < 1.29 is 4.74 Å². The second-order valence-corrected chi connectivity index (χ2v) is 6.09. The summed E-state index contributed by atoms with van der Waals surface area (Å²) in [5.41, 5.74) is 7.72. The zero-order valence-electron chi connectivity index (χ0n) is 12.4. The molecule has 0 amide bonds. The average Bonchev–Trinajstić information content (AvgIpc) is 2.40. The summed E-state index contributed by atoms with van der Waals surface area (Å²) in [6, 6.07) is 8.85. The van der Waals surface area contributed by atoms with E-state index < -0.39 is 0 Å². The van der Waals surface area contributed by atoms with Gasteiger partial charge in [0, 0.05) is 6.04 Å². The van der Waals surface area contributed by atoms with Gasteiger partial charge < -0.3 is 10.5 Å². The summed E-state index contributed by atoms with van der Waals surface area (Å²) in [5.74, 6) is 3.04. The topological polar surface area (TPSA) is 35.2 Å². The van der Waals surface area contributed by atoms with Crippen molar-refractivity contribution in [3.8, 4) is 5.75 Å². The molecular weight excluding hydrogens is 234 g/mol. The molecule has 0 radical (unpaired) electrons. The van der Waals surface area contributed by atoms with Gasteiger partial charge in [-0.3, -0.25) is 0 Å². The van der Waals surface area contributed by atoms with Crippen LogP contribution in [0.3, 0.4) is 0 Å². The minimum atomic E-state index is 0.313. The smallest absolute Gasteiger partial charge is 0.119 e. The van der Waals surface area contributed by atoms with Gasteiger partial charge in [0.15, 0.2) is 0 Å². The van der Waals surface area contributed by atoms with Crippen LogP contribution >= 0.6 is 0 Å². The van der Waals surface area contributed by atoms with Crippen molar-refractivity contribution in [2.45, 2.75) is 52.0 Å². The third-order valence-corrected chi connectivity index (χ3v) is 4.51. The standard InChI is InChI=1S/C17H27NO/c1-4-19-15-8-5-13(6-9-15)16-11-14(12(2)3)7-10-17(16)18/h5-6,8-9,12,14,16-17H,4,7,10-11,18H2,1-3H3. The Hall–Kier alpha value is -1.02. The Morgan fingerprint density at radius 2 is 1.89 bits per heavy atom. The molecule has 0 aliphatic heterocycles. The van der Waals surface area contributed by atoms with Crippen LogP contribution < -0.4 is 10.5 Å². The van der Waals surface area contributed by atoms with E-state index in [-0.39, 0.29) is 0 Å². The van der Waals surface area contributed by atoms with E-state index in [0.29, 0.717) is 12.0 Å². The van der Waals surface area contributed by atoms with Crippen molar-refractivity contribution >= 4 is 0 Å². The normalized spacial score (nSPS) is 27.5. The van der Waals surface area contributed by atoms with Crippen molar-refractivity contribution in [2.24, 2.45) is 17.6 Å². The lowest BCUT2D eigenvalue weighted by Gasteiger charge is -2.36. The number of nitrogens with two attached hydrogens (primary N) is 1. The Labute approximate surface area is 117 Å². The first kappa shape index (κ1) is 14.4. The molecule has 2 heteroatoms. The SMILES string of the molecule is CCOc1ccc(C2CC(C(C)C)CCC2N)cc1. The fraction of sp³-hybridized carbons (Fsp3) is 0.647. The third kappa shape index (κ3) is 3.50. The number of rotatable bonds is 4. The van der Waals surface area contributed by atoms with Gasteiger partial charge in [-0.15, -0.1) is 0 Å². The fourth-order valence-corrected chi connectivity index (χ4v) is 3.19. The lowest BCUT2D eigenvalue weighted by atomic mass is 9.71.